The van der Waals surface area contributed by atoms with E-state index in [2.05, 4.69) is 10.1 Å². The van der Waals surface area contributed by atoms with Crippen LogP contribution in [0.5, 0.6) is 17.2 Å². The molecule has 0 radical (unpaired) electrons. The quantitative estimate of drug-likeness (QED) is 0.390. The van der Waals surface area contributed by atoms with Crippen molar-refractivity contribution in [3.63, 3.8) is 0 Å². The molecule has 1 heterocycles. The molecule has 146 valence electrons. The summed E-state index contributed by atoms with van der Waals surface area (Å²) in [4.78, 5) is 16.3. The molecule has 0 saturated heterocycles. The zero-order chi connectivity index (χ0) is 20.3. The van der Waals surface area contributed by atoms with E-state index in [0.29, 0.717) is 27.8 Å². The van der Waals surface area contributed by atoms with Gasteiger partial charge in [-0.3, -0.25) is 0 Å². The van der Waals surface area contributed by atoms with E-state index >= 15 is 0 Å². The average molecular weight is 387 g/mol. The Morgan fingerprint density at radius 1 is 1.00 bits per heavy atom. The van der Waals surface area contributed by atoms with Crippen LogP contribution in [0.2, 0.25) is 0 Å². The monoisotopic (exact) mass is 387 g/mol. The summed E-state index contributed by atoms with van der Waals surface area (Å²) in [5.41, 5.74) is 0.281. The van der Waals surface area contributed by atoms with E-state index in [-0.39, 0.29) is 11.2 Å². The number of hydrogen-bond acceptors (Lipinski definition) is 8. The number of hydrogen-bond donors (Lipinski definition) is 1. The van der Waals surface area contributed by atoms with Crippen molar-refractivity contribution < 1.29 is 24.3 Å². The number of rotatable bonds is 6. The van der Waals surface area contributed by atoms with Gasteiger partial charge in [0.15, 0.2) is 0 Å². The molecule has 0 unspecified atom stereocenters. The summed E-state index contributed by atoms with van der Waals surface area (Å²) in [6.07, 6.45) is 0. The maximum atomic E-state index is 11.4. The Hall–Kier alpha value is -4.02. The molecule has 2 aromatic carbocycles. The Labute approximate surface area is 158 Å². The standard InChI is InChI=1S/C17H17N5O6/c1-26-13-6-4-12(5-7-13)20-19-17(22(24)25)16(21(20)23)18-11-8-14(27-2)10-15(9-11)28-3/h4-10,23H,1-3H3. The van der Waals surface area contributed by atoms with Crippen molar-refractivity contribution in [2.24, 2.45) is 4.99 Å². The minimum Gasteiger partial charge on any atom is -0.497 e. The summed E-state index contributed by atoms with van der Waals surface area (Å²) in [6.45, 7) is 0. The Kier molecular flexibility index (Phi) is 5.16. The second-order valence-electron chi connectivity index (χ2n) is 5.46. The lowest BCUT2D eigenvalue weighted by atomic mass is 10.3. The van der Waals surface area contributed by atoms with E-state index in [1.807, 2.05) is 0 Å². The van der Waals surface area contributed by atoms with Crippen LogP contribution in [0.25, 0.3) is 5.69 Å². The summed E-state index contributed by atoms with van der Waals surface area (Å²) in [7, 11) is 4.45. The van der Waals surface area contributed by atoms with Gasteiger partial charge in [0.1, 0.15) is 22.9 Å². The molecule has 0 saturated carbocycles. The van der Waals surface area contributed by atoms with Gasteiger partial charge in [-0.1, -0.05) is 4.85 Å². The molecule has 3 rings (SSSR count). The van der Waals surface area contributed by atoms with Crippen LogP contribution in [0.3, 0.4) is 0 Å². The lowest BCUT2D eigenvalue weighted by Crippen LogP contribution is -2.22. The maximum Gasteiger partial charge on any atom is 0.438 e. The Morgan fingerprint density at radius 2 is 1.57 bits per heavy atom. The second-order valence-corrected chi connectivity index (χ2v) is 5.46. The third kappa shape index (κ3) is 3.58. The molecule has 11 nitrogen and oxygen atoms in total. The van der Waals surface area contributed by atoms with Gasteiger partial charge < -0.3 is 29.5 Å². The number of aromatic nitrogens is 3. The minimum absolute atomic E-state index is 0.274. The molecule has 0 amide bonds. The van der Waals surface area contributed by atoms with Crippen LogP contribution in [0, 0.1) is 10.1 Å². The molecule has 0 aliphatic rings. The van der Waals surface area contributed by atoms with Gasteiger partial charge in [-0.05, 0) is 34.0 Å². The van der Waals surface area contributed by atoms with E-state index in [0.717, 1.165) is 4.80 Å². The predicted molar refractivity (Wildman–Crippen MR) is 96.7 cm³/mol. The van der Waals surface area contributed by atoms with E-state index in [9.17, 15) is 15.3 Å². The number of ether oxygens (including phenoxy) is 3. The first-order chi connectivity index (χ1) is 13.5. The van der Waals surface area contributed by atoms with Crippen LogP contribution in [-0.2, 0) is 0 Å². The third-order valence-electron chi connectivity index (χ3n) is 3.81. The van der Waals surface area contributed by atoms with Crippen molar-refractivity contribution >= 4 is 11.5 Å². The smallest absolute Gasteiger partial charge is 0.438 e. The van der Waals surface area contributed by atoms with Gasteiger partial charge in [0.05, 0.1) is 32.1 Å². The molecule has 0 fully saturated rings. The molecule has 0 spiro atoms. The van der Waals surface area contributed by atoms with Crippen LogP contribution in [0.15, 0.2) is 47.5 Å². The van der Waals surface area contributed by atoms with E-state index in [4.69, 9.17) is 14.2 Å². The van der Waals surface area contributed by atoms with Crippen molar-refractivity contribution in [3.05, 3.63) is 58.1 Å². The number of benzene rings is 2. The third-order valence-corrected chi connectivity index (χ3v) is 3.81. The first-order valence-electron chi connectivity index (χ1n) is 7.95. The highest BCUT2D eigenvalue weighted by molar-refractivity contribution is 5.50. The second kappa shape index (κ2) is 7.70. The minimum atomic E-state index is -0.733. The lowest BCUT2D eigenvalue weighted by Gasteiger charge is -2.05. The summed E-state index contributed by atoms with van der Waals surface area (Å²) in [5, 5.41) is 25.8. The van der Waals surface area contributed by atoms with Gasteiger partial charge in [-0.2, -0.15) is 0 Å². The number of nitrogens with zero attached hydrogens (tertiary/aromatic N) is 5. The fourth-order valence-electron chi connectivity index (χ4n) is 2.43. The summed E-state index contributed by atoms with van der Waals surface area (Å²) in [5.74, 6) is 0.837. The highest BCUT2D eigenvalue weighted by Crippen LogP contribution is 2.27. The normalized spacial score (nSPS) is 11.3. The van der Waals surface area contributed by atoms with Crippen LogP contribution < -0.4 is 19.7 Å². The van der Waals surface area contributed by atoms with Gasteiger partial charge >= 0.3 is 5.82 Å². The summed E-state index contributed by atoms with van der Waals surface area (Å²) in [6, 6.07) is 11.1. The topological polar surface area (TPSA) is 126 Å². The van der Waals surface area contributed by atoms with Crippen LogP contribution in [-0.4, -0.2) is 46.2 Å². The molecule has 11 heteroatoms. The van der Waals surface area contributed by atoms with Crippen molar-refractivity contribution in [1.29, 1.82) is 0 Å². The Morgan fingerprint density at radius 3 is 2.07 bits per heavy atom. The van der Waals surface area contributed by atoms with Gasteiger partial charge in [-0.25, -0.2) is 4.99 Å². The molecule has 3 aromatic rings. The lowest BCUT2D eigenvalue weighted by molar-refractivity contribution is -0.391. The zero-order valence-electron chi connectivity index (χ0n) is 15.3. The SMILES string of the molecule is COc1ccc(-n2nc([N+](=O)[O-])c(=Nc3cc(OC)cc(OC)c3)n2O)cc1. The first-order valence-corrected chi connectivity index (χ1v) is 7.95. The molecule has 28 heavy (non-hydrogen) atoms. The zero-order valence-corrected chi connectivity index (χ0v) is 15.3. The molecular weight excluding hydrogens is 370 g/mol. The van der Waals surface area contributed by atoms with Crippen molar-refractivity contribution in [2.75, 3.05) is 21.3 Å². The molecule has 0 bridgehead atoms. The van der Waals surface area contributed by atoms with Crippen LogP contribution in [0.1, 0.15) is 0 Å². The van der Waals surface area contributed by atoms with Crippen molar-refractivity contribution in [1.82, 2.24) is 14.7 Å². The number of methoxy groups -OCH3 is 3. The van der Waals surface area contributed by atoms with E-state index in [1.54, 1.807) is 30.3 Å². The molecular formula is C17H17N5O6. The molecule has 0 aliphatic heterocycles. The van der Waals surface area contributed by atoms with Crippen LogP contribution >= 0.6 is 0 Å². The highest BCUT2D eigenvalue weighted by atomic mass is 16.6. The largest absolute Gasteiger partial charge is 0.497 e. The van der Waals surface area contributed by atoms with Crippen molar-refractivity contribution in [2.45, 2.75) is 0 Å². The van der Waals surface area contributed by atoms with E-state index in [1.165, 1.54) is 33.5 Å². The Bertz CT molecular complexity index is 1050. The van der Waals surface area contributed by atoms with Crippen LogP contribution in [0.4, 0.5) is 11.5 Å². The maximum absolute atomic E-state index is 11.4. The average Bonchev–Trinajstić information content (AvgIpc) is 3.04. The fourth-order valence-corrected chi connectivity index (χ4v) is 2.43. The molecule has 1 N–H and O–H groups in total. The van der Waals surface area contributed by atoms with E-state index < -0.39 is 10.7 Å². The molecule has 0 aliphatic carbocycles. The Balaban J connectivity index is 2.19. The van der Waals surface area contributed by atoms with Gasteiger partial charge in [0.2, 0.25) is 0 Å². The molecule has 1 aromatic heterocycles. The highest BCUT2D eigenvalue weighted by Gasteiger charge is 2.24. The van der Waals surface area contributed by atoms with Gasteiger partial charge in [0, 0.05) is 18.2 Å². The fraction of sp³-hybridized carbons (Fsp3) is 0.176. The first kappa shape index (κ1) is 18.8. The summed E-state index contributed by atoms with van der Waals surface area (Å²) < 4.78 is 15.4. The van der Waals surface area contributed by atoms with Gasteiger partial charge in [-0.15, -0.1) is 0 Å². The molecule has 0 atom stereocenters. The number of nitro groups is 1. The van der Waals surface area contributed by atoms with Crippen molar-refractivity contribution in [3.8, 4) is 22.9 Å². The predicted octanol–water partition coefficient (Wildman–Crippen LogP) is 2.08. The van der Waals surface area contributed by atoms with Gasteiger partial charge in [0.25, 0.3) is 5.49 Å². The summed E-state index contributed by atoms with van der Waals surface area (Å²) >= 11 is 0.